The third kappa shape index (κ3) is 7.16. The van der Waals surface area contributed by atoms with Crippen molar-refractivity contribution < 1.29 is 0 Å². The molecule has 0 bridgehead atoms. The zero-order valence-corrected chi connectivity index (χ0v) is 37.8. The topological polar surface area (TPSA) is 13.1 Å². The van der Waals surface area contributed by atoms with E-state index >= 15 is 0 Å². The normalized spacial score (nSPS) is 11.5. The summed E-state index contributed by atoms with van der Waals surface area (Å²) in [7, 11) is 0. The number of rotatable bonds is 9. The lowest BCUT2D eigenvalue weighted by atomic mass is 9.92. The van der Waals surface area contributed by atoms with Gasteiger partial charge in [0.05, 0.1) is 22.1 Å². The van der Waals surface area contributed by atoms with Crippen LogP contribution in [-0.4, -0.2) is 9.13 Å². The number of hydrogen-bond acceptors (Lipinski definition) is 1. The van der Waals surface area contributed by atoms with Crippen LogP contribution < -0.4 is 4.90 Å². The maximum Gasteiger partial charge on any atom is 0.0541 e. The molecule has 2 aromatic heterocycles. The van der Waals surface area contributed by atoms with E-state index in [0.717, 1.165) is 39.6 Å². The summed E-state index contributed by atoms with van der Waals surface area (Å²) in [6.07, 6.45) is 0. The van der Waals surface area contributed by atoms with Crippen molar-refractivity contribution >= 4 is 60.7 Å². The Morgan fingerprint density at radius 2 is 0.522 bits per heavy atom. The second-order valence-electron chi connectivity index (χ2n) is 17.8. The SMILES string of the molecule is c1ccc(-c2ccc(N(c3ccccc3)c3ccc(-c4cc(-c5ccc6c(c5)c5ccccc5n6-c5ccccc5)cc(-c5ccc6c(c5)c5ccccc5n6-c5ccccc5)c4)cc3)cc2)cc1. The van der Waals surface area contributed by atoms with Crippen LogP contribution in [0, 0.1) is 0 Å². The van der Waals surface area contributed by atoms with E-state index in [1.807, 2.05) is 0 Å². The van der Waals surface area contributed by atoms with Crippen molar-refractivity contribution in [2.24, 2.45) is 0 Å². The van der Waals surface area contributed by atoms with Gasteiger partial charge in [0.25, 0.3) is 0 Å². The van der Waals surface area contributed by atoms with E-state index in [-0.39, 0.29) is 0 Å². The Morgan fingerprint density at radius 3 is 0.986 bits per heavy atom. The van der Waals surface area contributed by atoms with Gasteiger partial charge in [0.2, 0.25) is 0 Å². The molecule has 0 aliphatic heterocycles. The summed E-state index contributed by atoms with van der Waals surface area (Å²) >= 11 is 0. The van der Waals surface area contributed by atoms with Gasteiger partial charge >= 0.3 is 0 Å². The first-order valence-electron chi connectivity index (χ1n) is 23.7. The van der Waals surface area contributed by atoms with Gasteiger partial charge in [0.15, 0.2) is 0 Å². The lowest BCUT2D eigenvalue weighted by Crippen LogP contribution is -2.09. The smallest absolute Gasteiger partial charge is 0.0541 e. The molecule has 0 aliphatic carbocycles. The summed E-state index contributed by atoms with van der Waals surface area (Å²) in [5.74, 6) is 0. The van der Waals surface area contributed by atoms with Crippen molar-refractivity contribution in [3.63, 3.8) is 0 Å². The summed E-state index contributed by atoms with van der Waals surface area (Å²) in [6.45, 7) is 0. The summed E-state index contributed by atoms with van der Waals surface area (Å²) in [6, 6.07) is 99.2. The molecule has 0 fully saturated rings. The number of nitrogens with zero attached hydrogens (tertiary/aromatic N) is 3. The average Bonchev–Trinajstić information content (AvgIpc) is 3.94. The van der Waals surface area contributed by atoms with Gasteiger partial charge in [-0.25, -0.2) is 0 Å². The Bertz CT molecular complexity index is 3790. The minimum absolute atomic E-state index is 1.09. The fraction of sp³-hybridized carbons (Fsp3) is 0. The monoisotopic (exact) mass is 879 g/mol. The predicted molar refractivity (Wildman–Crippen MR) is 292 cm³/mol. The van der Waals surface area contributed by atoms with Gasteiger partial charge in [-0.1, -0.05) is 158 Å². The van der Waals surface area contributed by atoms with E-state index in [1.165, 1.54) is 77.0 Å². The first-order valence-corrected chi connectivity index (χ1v) is 23.7. The number of para-hydroxylation sites is 5. The minimum atomic E-state index is 1.09. The van der Waals surface area contributed by atoms with E-state index in [4.69, 9.17) is 0 Å². The highest BCUT2D eigenvalue weighted by Gasteiger charge is 2.18. The fourth-order valence-electron chi connectivity index (χ4n) is 10.4. The minimum Gasteiger partial charge on any atom is -0.311 e. The molecule has 0 amide bonds. The largest absolute Gasteiger partial charge is 0.311 e. The predicted octanol–water partition coefficient (Wildman–Crippen LogP) is 18.0. The number of aromatic nitrogens is 2. The molecule has 13 aromatic rings. The first kappa shape index (κ1) is 40.1. The van der Waals surface area contributed by atoms with Crippen LogP contribution in [0.1, 0.15) is 0 Å². The average molecular weight is 880 g/mol. The van der Waals surface area contributed by atoms with E-state index in [9.17, 15) is 0 Å². The van der Waals surface area contributed by atoms with Gasteiger partial charge in [0.1, 0.15) is 0 Å². The van der Waals surface area contributed by atoms with Crippen LogP contribution in [0.3, 0.4) is 0 Å². The molecule has 11 aromatic carbocycles. The summed E-state index contributed by atoms with van der Waals surface area (Å²) in [5.41, 5.74) is 19.8. The molecule has 3 heteroatoms. The highest BCUT2D eigenvalue weighted by atomic mass is 15.1. The molecule has 0 saturated heterocycles. The van der Waals surface area contributed by atoms with Gasteiger partial charge in [0, 0.05) is 50.0 Å². The third-order valence-electron chi connectivity index (χ3n) is 13.7. The zero-order valence-electron chi connectivity index (χ0n) is 37.8. The maximum atomic E-state index is 2.39. The molecule has 13 rings (SSSR count). The highest BCUT2D eigenvalue weighted by Crippen LogP contribution is 2.42. The summed E-state index contributed by atoms with van der Waals surface area (Å²) in [5, 5.41) is 4.94. The molecule has 0 unspecified atom stereocenters. The summed E-state index contributed by atoms with van der Waals surface area (Å²) in [4.78, 5) is 2.34. The lowest BCUT2D eigenvalue weighted by molar-refractivity contribution is 1.18. The van der Waals surface area contributed by atoms with Crippen molar-refractivity contribution in [2.45, 2.75) is 0 Å². The fourth-order valence-corrected chi connectivity index (χ4v) is 10.4. The van der Waals surface area contributed by atoms with Crippen molar-refractivity contribution in [1.29, 1.82) is 0 Å². The van der Waals surface area contributed by atoms with Crippen LogP contribution in [0.5, 0.6) is 0 Å². The molecule has 0 N–H and O–H groups in total. The van der Waals surface area contributed by atoms with Crippen LogP contribution in [-0.2, 0) is 0 Å². The molecule has 2 heterocycles. The van der Waals surface area contributed by atoms with Gasteiger partial charge in [-0.3, -0.25) is 0 Å². The molecule has 69 heavy (non-hydrogen) atoms. The molecule has 0 spiro atoms. The molecular formula is C66H45N3. The van der Waals surface area contributed by atoms with Crippen LogP contribution in [0.4, 0.5) is 17.1 Å². The molecule has 0 aliphatic rings. The number of fused-ring (bicyclic) bond motifs is 6. The van der Waals surface area contributed by atoms with E-state index in [2.05, 4.69) is 287 Å². The Kier molecular flexibility index (Phi) is 9.84. The first-order chi connectivity index (χ1) is 34.2. The molecule has 3 nitrogen and oxygen atoms in total. The number of anilines is 3. The molecule has 324 valence electrons. The van der Waals surface area contributed by atoms with Crippen molar-refractivity contribution in [3.8, 4) is 55.9 Å². The van der Waals surface area contributed by atoms with Crippen molar-refractivity contribution in [2.75, 3.05) is 4.90 Å². The van der Waals surface area contributed by atoms with Gasteiger partial charge < -0.3 is 14.0 Å². The van der Waals surface area contributed by atoms with Gasteiger partial charge in [-0.2, -0.15) is 0 Å². The van der Waals surface area contributed by atoms with Crippen molar-refractivity contribution in [3.05, 3.63) is 273 Å². The Morgan fingerprint density at radius 1 is 0.203 bits per heavy atom. The molecule has 0 saturated carbocycles. The van der Waals surface area contributed by atoms with Crippen LogP contribution in [0.2, 0.25) is 0 Å². The number of hydrogen-bond donors (Lipinski definition) is 0. The van der Waals surface area contributed by atoms with Gasteiger partial charge in [-0.05, 0) is 160 Å². The second-order valence-corrected chi connectivity index (χ2v) is 17.8. The Labute approximate surface area is 401 Å². The highest BCUT2D eigenvalue weighted by molar-refractivity contribution is 6.12. The number of benzene rings is 11. The Hall–Kier alpha value is -9.18. The van der Waals surface area contributed by atoms with Crippen molar-refractivity contribution in [1.82, 2.24) is 9.13 Å². The standard InChI is InChI=1S/C66H45N3/c1-5-17-46(18-6-1)47-29-35-57(36-30-47)67(54-19-7-2-8-20-54)58-37-31-48(32-38-58)51-41-52(49-33-39-65-61(44-49)59-25-13-15-27-63(59)68(65)55-21-9-3-10-22-55)43-53(42-51)50-34-40-66-62(45-50)60-26-14-16-28-64(60)69(66)56-23-11-4-12-24-56/h1-45H. The maximum absolute atomic E-state index is 2.39. The Balaban J connectivity index is 0.961. The van der Waals surface area contributed by atoms with E-state index < -0.39 is 0 Å². The molecule has 0 radical (unpaired) electrons. The summed E-state index contributed by atoms with van der Waals surface area (Å²) < 4.78 is 4.77. The molecule has 0 atom stereocenters. The zero-order chi connectivity index (χ0) is 45.7. The third-order valence-corrected chi connectivity index (χ3v) is 13.7. The quantitative estimate of drug-likeness (QED) is 0.141. The second kappa shape index (κ2) is 16.9. The van der Waals surface area contributed by atoms with E-state index in [1.54, 1.807) is 0 Å². The molecular weight excluding hydrogens is 835 g/mol. The van der Waals surface area contributed by atoms with Crippen LogP contribution >= 0.6 is 0 Å². The van der Waals surface area contributed by atoms with Crippen LogP contribution in [0.15, 0.2) is 273 Å². The van der Waals surface area contributed by atoms with Gasteiger partial charge in [-0.15, -0.1) is 0 Å². The van der Waals surface area contributed by atoms with E-state index in [0.29, 0.717) is 0 Å². The lowest BCUT2D eigenvalue weighted by Gasteiger charge is -2.26. The van der Waals surface area contributed by atoms with Crippen LogP contribution in [0.25, 0.3) is 99.5 Å².